The molecule has 0 amide bonds. The summed E-state index contributed by atoms with van der Waals surface area (Å²) in [5.41, 5.74) is 0.420. The van der Waals surface area contributed by atoms with E-state index in [0.717, 1.165) is 34.3 Å². The molecule has 2 aromatic rings. The minimum atomic E-state index is 0.420. The molecule has 0 aliphatic heterocycles. The summed E-state index contributed by atoms with van der Waals surface area (Å²) < 4.78 is 0. The van der Waals surface area contributed by atoms with Crippen LogP contribution in [0.15, 0.2) is 17.5 Å². The predicted octanol–water partition coefficient (Wildman–Crippen LogP) is 4.33. The summed E-state index contributed by atoms with van der Waals surface area (Å²) in [5.74, 6) is 2.99. The molecule has 5 heteroatoms. The minimum Gasteiger partial charge on any atom is -0.305 e. The maximum absolute atomic E-state index is 4.40. The van der Waals surface area contributed by atoms with Gasteiger partial charge in [-0.05, 0) is 67.7 Å². The molecule has 0 unspecified atom stereocenters. The summed E-state index contributed by atoms with van der Waals surface area (Å²) in [6, 6.07) is 4.20. The van der Waals surface area contributed by atoms with E-state index < -0.39 is 0 Å². The van der Waals surface area contributed by atoms with Gasteiger partial charge in [-0.2, -0.15) is 0 Å². The van der Waals surface area contributed by atoms with Gasteiger partial charge in [0, 0.05) is 5.54 Å². The number of hydrogen-bond donors (Lipinski definition) is 1. The van der Waals surface area contributed by atoms with Crippen molar-refractivity contribution in [3.05, 3.63) is 22.5 Å². The Balaban J connectivity index is 1.29. The van der Waals surface area contributed by atoms with Crippen LogP contribution in [0.25, 0.3) is 9.88 Å². The Bertz CT molecular complexity index is 626. The van der Waals surface area contributed by atoms with E-state index in [1.807, 2.05) is 0 Å². The summed E-state index contributed by atoms with van der Waals surface area (Å²) in [5, 5.41) is 17.0. The molecule has 4 aliphatic carbocycles. The summed E-state index contributed by atoms with van der Waals surface area (Å²) >= 11 is 3.49. The van der Waals surface area contributed by atoms with Gasteiger partial charge in [-0.15, -0.1) is 21.5 Å². The molecule has 6 rings (SSSR count). The Kier molecular flexibility index (Phi) is 3.17. The lowest BCUT2D eigenvalue weighted by molar-refractivity contribution is -0.0206. The highest BCUT2D eigenvalue weighted by atomic mass is 32.1. The Hall–Kier alpha value is -0.780. The van der Waals surface area contributed by atoms with Crippen molar-refractivity contribution in [3.63, 3.8) is 0 Å². The van der Waals surface area contributed by atoms with Crippen LogP contribution < -0.4 is 5.32 Å². The highest BCUT2D eigenvalue weighted by Crippen LogP contribution is 2.55. The van der Waals surface area contributed by atoms with Crippen molar-refractivity contribution in [1.82, 2.24) is 15.5 Å². The van der Waals surface area contributed by atoms with Crippen LogP contribution >= 0.6 is 22.7 Å². The monoisotopic (exact) mass is 331 g/mol. The molecule has 1 N–H and O–H groups in total. The Morgan fingerprint density at radius 1 is 1.09 bits per heavy atom. The minimum absolute atomic E-state index is 0.420. The van der Waals surface area contributed by atoms with Gasteiger partial charge >= 0.3 is 0 Å². The number of nitrogens with one attached hydrogen (secondary N) is 1. The van der Waals surface area contributed by atoms with Crippen LogP contribution in [0.1, 0.15) is 43.5 Å². The second-order valence-electron chi connectivity index (χ2n) is 7.53. The van der Waals surface area contributed by atoms with E-state index in [2.05, 4.69) is 33.0 Å². The van der Waals surface area contributed by atoms with Crippen LogP contribution in [-0.2, 0) is 6.54 Å². The number of thiophene rings is 1. The largest absolute Gasteiger partial charge is 0.305 e. The zero-order valence-electron chi connectivity index (χ0n) is 12.6. The second-order valence-corrected chi connectivity index (χ2v) is 9.54. The van der Waals surface area contributed by atoms with Crippen LogP contribution in [0.2, 0.25) is 0 Å². The lowest BCUT2D eigenvalue weighted by Crippen LogP contribution is -2.58. The lowest BCUT2D eigenvalue weighted by Gasteiger charge is -2.57. The first-order valence-electron chi connectivity index (χ1n) is 8.39. The van der Waals surface area contributed by atoms with Gasteiger partial charge in [0.1, 0.15) is 5.01 Å². The number of nitrogens with zero attached hydrogens (tertiary/aromatic N) is 2. The van der Waals surface area contributed by atoms with E-state index in [9.17, 15) is 0 Å². The van der Waals surface area contributed by atoms with Crippen molar-refractivity contribution < 1.29 is 0 Å². The van der Waals surface area contributed by atoms with E-state index in [-0.39, 0.29) is 0 Å². The summed E-state index contributed by atoms with van der Waals surface area (Å²) in [6.07, 6.45) is 8.70. The fourth-order valence-corrected chi connectivity index (χ4v) is 6.99. The van der Waals surface area contributed by atoms with E-state index >= 15 is 0 Å². The van der Waals surface area contributed by atoms with Gasteiger partial charge in [0.25, 0.3) is 0 Å². The first kappa shape index (κ1) is 13.6. The van der Waals surface area contributed by atoms with Gasteiger partial charge in [-0.3, -0.25) is 0 Å². The van der Waals surface area contributed by atoms with E-state index in [1.54, 1.807) is 22.7 Å². The number of aromatic nitrogens is 2. The number of hydrogen-bond acceptors (Lipinski definition) is 5. The molecule has 3 nitrogen and oxygen atoms in total. The molecule has 4 aliphatic rings. The zero-order chi connectivity index (χ0) is 14.6. The zero-order valence-corrected chi connectivity index (χ0v) is 14.3. The van der Waals surface area contributed by atoms with Gasteiger partial charge in [-0.25, -0.2) is 0 Å². The fourth-order valence-electron chi connectivity index (χ4n) is 5.42. The summed E-state index contributed by atoms with van der Waals surface area (Å²) in [7, 11) is 0. The molecule has 4 fully saturated rings. The quantitative estimate of drug-likeness (QED) is 0.906. The van der Waals surface area contributed by atoms with E-state index in [4.69, 9.17) is 0 Å². The van der Waals surface area contributed by atoms with Crippen molar-refractivity contribution in [2.75, 3.05) is 0 Å². The molecule has 0 atom stereocenters. The highest BCUT2D eigenvalue weighted by Gasteiger charge is 2.50. The molecule has 4 bridgehead atoms. The van der Waals surface area contributed by atoms with Crippen molar-refractivity contribution in [2.24, 2.45) is 17.8 Å². The van der Waals surface area contributed by atoms with Crippen LogP contribution in [-0.4, -0.2) is 15.7 Å². The summed E-state index contributed by atoms with van der Waals surface area (Å²) in [6.45, 7) is 0.898. The average molecular weight is 332 g/mol. The average Bonchev–Trinajstić information content (AvgIpc) is 3.15. The van der Waals surface area contributed by atoms with Crippen molar-refractivity contribution in [3.8, 4) is 9.88 Å². The molecular weight excluding hydrogens is 310 g/mol. The van der Waals surface area contributed by atoms with Crippen LogP contribution in [0.3, 0.4) is 0 Å². The van der Waals surface area contributed by atoms with Gasteiger partial charge in [0.2, 0.25) is 0 Å². The molecule has 0 saturated heterocycles. The molecular formula is C17H21N3S2. The third-order valence-electron chi connectivity index (χ3n) is 5.85. The molecule has 2 aromatic heterocycles. The normalized spacial score (nSPS) is 36.1. The molecule has 2 heterocycles. The second kappa shape index (κ2) is 5.11. The van der Waals surface area contributed by atoms with Gasteiger partial charge < -0.3 is 5.32 Å². The Labute approximate surface area is 139 Å². The maximum atomic E-state index is 4.40. The fraction of sp³-hybridized carbons (Fsp3) is 0.647. The lowest BCUT2D eigenvalue weighted by atomic mass is 9.53. The van der Waals surface area contributed by atoms with Gasteiger partial charge in [-0.1, -0.05) is 17.4 Å². The SMILES string of the molecule is c1csc(-c2nnc(CNC34CC5CC(CC(C5)C3)C4)s2)c1. The van der Waals surface area contributed by atoms with Crippen molar-refractivity contribution >= 4 is 22.7 Å². The summed E-state index contributed by atoms with van der Waals surface area (Å²) in [4.78, 5) is 1.23. The third kappa shape index (κ3) is 2.34. The molecule has 22 heavy (non-hydrogen) atoms. The predicted molar refractivity (Wildman–Crippen MR) is 91.0 cm³/mol. The van der Waals surface area contributed by atoms with E-state index in [0.29, 0.717) is 5.54 Å². The highest BCUT2D eigenvalue weighted by molar-refractivity contribution is 7.20. The standard InChI is InChI=1S/C17H21N3S2/c1-2-14(21-3-1)16-20-19-15(22-16)10-18-17-7-11-4-12(8-17)6-13(5-11)9-17/h1-3,11-13,18H,4-10H2. The topological polar surface area (TPSA) is 37.8 Å². The first-order chi connectivity index (χ1) is 10.8. The van der Waals surface area contributed by atoms with Crippen LogP contribution in [0.4, 0.5) is 0 Å². The van der Waals surface area contributed by atoms with Crippen LogP contribution in [0, 0.1) is 17.8 Å². The third-order valence-corrected chi connectivity index (χ3v) is 7.81. The maximum Gasteiger partial charge on any atom is 0.157 e. The molecule has 0 radical (unpaired) electrons. The van der Waals surface area contributed by atoms with Crippen molar-refractivity contribution in [1.29, 1.82) is 0 Å². The molecule has 0 aromatic carbocycles. The first-order valence-corrected chi connectivity index (χ1v) is 10.1. The van der Waals surface area contributed by atoms with E-state index in [1.165, 1.54) is 43.4 Å². The Morgan fingerprint density at radius 2 is 1.82 bits per heavy atom. The van der Waals surface area contributed by atoms with Crippen LogP contribution in [0.5, 0.6) is 0 Å². The Morgan fingerprint density at radius 3 is 2.45 bits per heavy atom. The van der Waals surface area contributed by atoms with Gasteiger partial charge in [0.15, 0.2) is 5.01 Å². The van der Waals surface area contributed by atoms with Gasteiger partial charge in [0.05, 0.1) is 11.4 Å². The molecule has 4 saturated carbocycles. The molecule has 0 spiro atoms. The molecule has 116 valence electrons. The number of rotatable bonds is 4. The van der Waals surface area contributed by atoms with Crippen molar-refractivity contribution in [2.45, 2.75) is 50.6 Å². The smallest absolute Gasteiger partial charge is 0.157 e.